The van der Waals surface area contributed by atoms with Crippen molar-refractivity contribution in [3.63, 3.8) is 0 Å². The van der Waals surface area contributed by atoms with Gasteiger partial charge in [0.05, 0.1) is 6.61 Å². The summed E-state index contributed by atoms with van der Waals surface area (Å²) in [5.74, 6) is -0.322. The van der Waals surface area contributed by atoms with Gasteiger partial charge in [0.25, 0.3) is 0 Å². The van der Waals surface area contributed by atoms with Crippen molar-refractivity contribution in [3.05, 3.63) is 22.9 Å². The SMILES string of the molecule is CCOCCN(CC)c1nc2c(cc1C(=O)O)CCC2. The molecule has 0 spiro atoms. The first-order valence-electron chi connectivity index (χ1n) is 7.26. The summed E-state index contributed by atoms with van der Waals surface area (Å²) in [6, 6.07) is 1.80. The minimum absolute atomic E-state index is 0.309. The van der Waals surface area contributed by atoms with Crippen LogP contribution in [0.4, 0.5) is 5.82 Å². The number of fused-ring (bicyclic) bond motifs is 1. The Kier molecular flexibility index (Phi) is 4.95. The first kappa shape index (κ1) is 14.8. The fraction of sp³-hybridized carbons (Fsp3) is 0.600. The Hall–Kier alpha value is -1.62. The van der Waals surface area contributed by atoms with Crippen molar-refractivity contribution >= 4 is 11.8 Å². The first-order valence-corrected chi connectivity index (χ1v) is 7.26. The summed E-state index contributed by atoms with van der Waals surface area (Å²) in [7, 11) is 0. The standard InChI is InChI=1S/C15H22N2O3/c1-3-17(8-9-20-4-2)14-12(15(18)19)10-11-6-5-7-13(11)16-14/h10H,3-9H2,1-2H3,(H,18,19). The lowest BCUT2D eigenvalue weighted by atomic mass is 10.1. The second kappa shape index (κ2) is 6.70. The quantitative estimate of drug-likeness (QED) is 0.774. The largest absolute Gasteiger partial charge is 0.478 e. The van der Waals surface area contributed by atoms with E-state index < -0.39 is 5.97 Å². The maximum Gasteiger partial charge on any atom is 0.339 e. The third kappa shape index (κ3) is 3.10. The highest BCUT2D eigenvalue weighted by Gasteiger charge is 2.22. The maximum absolute atomic E-state index is 11.5. The number of anilines is 1. The normalized spacial score (nSPS) is 13.3. The van der Waals surface area contributed by atoms with Crippen LogP contribution in [0.15, 0.2) is 6.07 Å². The van der Waals surface area contributed by atoms with Gasteiger partial charge in [0.15, 0.2) is 0 Å². The number of ether oxygens (including phenoxy) is 1. The molecule has 1 aliphatic rings. The number of aryl methyl sites for hydroxylation is 2. The zero-order valence-electron chi connectivity index (χ0n) is 12.2. The zero-order chi connectivity index (χ0) is 14.5. The third-order valence-electron chi connectivity index (χ3n) is 3.65. The lowest BCUT2D eigenvalue weighted by molar-refractivity contribution is 0.0696. The minimum atomic E-state index is -0.906. The monoisotopic (exact) mass is 278 g/mol. The fourth-order valence-corrected chi connectivity index (χ4v) is 2.59. The number of likely N-dealkylation sites (N-methyl/N-ethyl adjacent to an activating group) is 1. The second-order valence-electron chi connectivity index (χ2n) is 4.90. The fourth-order valence-electron chi connectivity index (χ4n) is 2.59. The number of hydrogen-bond donors (Lipinski definition) is 1. The van der Waals surface area contributed by atoms with E-state index in [9.17, 15) is 9.90 Å². The van der Waals surface area contributed by atoms with Gasteiger partial charge in [-0.3, -0.25) is 0 Å². The van der Waals surface area contributed by atoms with Gasteiger partial charge in [-0.2, -0.15) is 0 Å². The first-order chi connectivity index (χ1) is 9.67. The van der Waals surface area contributed by atoms with E-state index >= 15 is 0 Å². The van der Waals surface area contributed by atoms with E-state index in [2.05, 4.69) is 4.98 Å². The van der Waals surface area contributed by atoms with Gasteiger partial charge in [0, 0.05) is 25.4 Å². The summed E-state index contributed by atoms with van der Waals surface area (Å²) in [5.41, 5.74) is 2.45. The lowest BCUT2D eigenvalue weighted by Gasteiger charge is -2.24. The van der Waals surface area contributed by atoms with Gasteiger partial charge in [0.2, 0.25) is 0 Å². The molecule has 5 heteroatoms. The Morgan fingerprint density at radius 3 is 2.90 bits per heavy atom. The Morgan fingerprint density at radius 1 is 1.45 bits per heavy atom. The van der Waals surface area contributed by atoms with Crippen molar-refractivity contribution in [2.75, 3.05) is 31.2 Å². The second-order valence-corrected chi connectivity index (χ2v) is 4.90. The number of rotatable bonds is 7. The summed E-state index contributed by atoms with van der Waals surface area (Å²) in [6.45, 7) is 6.60. The van der Waals surface area contributed by atoms with Crippen molar-refractivity contribution < 1.29 is 14.6 Å². The predicted octanol–water partition coefficient (Wildman–Crippen LogP) is 2.13. The molecule has 2 rings (SSSR count). The Labute approximate surface area is 119 Å². The molecule has 1 aromatic rings. The molecule has 5 nitrogen and oxygen atoms in total. The van der Waals surface area contributed by atoms with Crippen molar-refractivity contribution in [2.45, 2.75) is 33.1 Å². The zero-order valence-corrected chi connectivity index (χ0v) is 12.2. The molecule has 1 aliphatic carbocycles. The van der Waals surface area contributed by atoms with Gasteiger partial charge in [-0.05, 0) is 44.7 Å². The van der Waals surface area contributed by atoms with Gasteiger partial charge >= 0.3 is 5.97 Å². The topological polar surface area (TPSA) is 62.7 Å². The number of aromatic carboxylic acids is 1. The maximum atomic E-state index is 11.5. The molecule has 0 fully saturated rings. The van der Waals surface area contributed by atoms with E-state index in [1.807, 2.05) is 18.7 Å². The third-order valence-corrected chi connectivity index (χ3v) is 3.65. The van der Waals surface area contributed by atoms with Crippen LogP contribution in [-0.4, -0.2) is 42.4 Å². The molecule has 20 heavy (non-hydrogen) atoms. The number of pyridine rings is 1. The van der Waals surface area contributed by atoms with Gasteiger partial charge in [0.1, 0.15) is 11.4 Å². The minimum Gasteiger partial charge on any atom is -0.478 e. The highest BCUT2D eigenvalue weighted by Crippen LogP contribution is 2.27. The summed E-state index contributed by atoms with van der Waals surface area (Å²) in [4.78, 5) is 18.1. The van der Waals surface area contributed by atoms with E-state index in [-0.39, 0.29) is 0 Å². The number of carboxylic acids is 1. The molecule has 0 aliphatic heterocycles. The van der Waals surface area contributed by atoms with Crippen molar-refractivity contribution in [3.8, 4) is 0 Å². The van der Waals surface area contributed by atoms with Crippen LogP contribution in [0.3, 0.4) is 0 Å². The van der Waals surface area contributed by atoms with Crippen LogP contribution in [0.2, 0.25) is 0 Å². The Bertz CT molecular complexity index is 488. The van der Waals surface area contributed by atoms with Crippen molar-refractivity contribution in [1.29, 1.82) is 0 Å². The van der Waals surface area contributed by atoms with E-state index in [0.717, 1.165) is 37.1 Å². The van der Waals surface area contributed by atoms with Crippen molar-refractivity contribution in [1.82, 2.24) is 4.98 Å². The molecule has 0 amide bonds. The summed E-state index contributed by atoms with van der Waals surface area (Å²) in [6.07, 6.45) is 2.95. The van der Waals surface area contributed by atoms with Gasteiger partial charge in [-0.25, -0.2) is 9.78 Å². The van der Waals surface area contributed by atoms with Crippen LogP contribution in [0.1, 0.15) is 41.9 Å². The van der Waals surface area contributed by atoms with Crippen LogP contribution in [-0.2, 0) is 17.6 Å². The molecule has 0 unspecified atom stereocenters. The molecular formula is C15H22N2O3. The molecule has 1 N–H and O–H groups in total. The molecule has 1 aromatic heterocycles. The lowest BCUT2D eigenvalue weighted by Crippen LogP contribution is -2.30. The molecular weight excluding hydrogens is 256 g/mol. The van der Waals surface area contributed by atoms with Gasteiger partial charge in [-0.15, -0.1) is 0 Å². The van der Waals surface area contributed by atoms with Crippen LogP contribution >= 0.6 is 0 Å². The predicted molar refractivity (Wildman–Crippen MR) is 77.6 cm³/mol. The molecule has 1 heterocycles. The van der Waals surface area contributed by atoms with E-state index in [1.165, 1.54) is 0 Å². The molecule has 0 radical (unpaired) electrons. The smallest absolute Gasteiger partial charge is 0.339 e. The number of aromatic nitrogens is 1. The highest BCUT2D eigenvalue weighted by atomic mass is 16.5. The highest BCUT2D eigenvalue weighted by molar-refractivity contribution is 5.93. The number of hydrogen-bond acceptors (Lipinski definition) is 4. The molecule has 0 bridgehead atoms. The van der Waals surface area contributed by atoms with Gasteiger partial charge in [-0.1, -0.05) is 0 Å². The molecule has 0 atom stereocenters. The van der Waals surface area contributed by atoms with Crippen LogP contribution in [0, 0.1) is 0 Å². The van der Waals surface area contributed by atoms with E-state index in [1.54, 1.807) is 6.07 Å². The average molecular weight is 278 g/mol. The number of carbonyl (C=O) groups is 1. The van der Waals surface area contributed by atoms with Crippen LogP contribution in [0.25, 0.3) is 0 Å². The van der Waals surface area contributed by atoms with E-state index in [0.29, 0.717) is 31.1 Å². The molecule has 0 saturated heterocycles. The van der Waals surface area contributed by atoms with Crippen molar-refractivity contribution in [2.24, 2.45) is 0 Å². The Morgan fingerprint density at radius 2 is 2.25 bits per heavy atom. The van der Waals surface area contributed by atoms with Crippen LogP contribution in [0.5, 0.6) is 0 Å². The summed E-state index contributed by atoms with van der Waals surface area (Å²) < 4.78 is 5.36. The number of carboxylic acid groups (broad SMARTS) is 1. The number of nitrogens with zero attached hydrogens (tertiary/aromatic N) is 2. The molecule has 110 valence electrons. The summed E-state index contributed by atoms with van der Waals surface area (Å²) in [5, 5.41) is 9.42. The summed E-state index contributed by atoms with van der Waals surface area (Å²) >= 11 is 0. The van der Waals surface area contributed by atoms with E-state index in [4.69, 9.17) is 4.74 Å². The van der Waals surface area contributed by atoms with Gasteiger partial charge < -0.3 is 14.7 Å². The molecule has 0 aromatic carbocycles. The molecule has 0 saturated carbocycles. The average Bonchev–Trinajstić information content (AvgIpc) is 2.89. The Balaban J connectivity index is 2.29. The van der Waals surface area contributed by atoms with Crippen LogP contribution < -0.4 is 4.90 Å².